The molecular formula is C47H94N3O19P3. The first-order valence-electron chi connectivity index (χ1n) is 24.9. The third-order valence-corrected chi connectivity index (χ3v) is 13.1. The average Bonchev–Trinajstić information content (AvgIpc) is 3.28. The number of phosphoric ester groups is 3. The fourth-order valence-corrected chi connectivity index (χ4v) is 9.44. The molecule has 0 bridgehead atoms. The molecule has 0 aliphatic heterocycles. The Morgan fingerprint density at radius 3 is 1.32 bits per heavy atom. The highest BCUT2D eigenvalue weighted by Crippen LogP contribution is 2.48. The van der Waals surface area contributed by atoms with Gasteiger partial charge in [0.05, 0.1) is 6.61 Å². The molecule has 72 heavy (non-hydrogen) atoms. The Hall–Kier alpha value is -2.01. The van der Waals surface area contributed by atoms with E-state index in [1.165, 1.54) is 83.5 Å². The number of aliphatic hydroxyl groups excluding tert-OH is 3. The van der Waals surface area contributed by atoms with E-state index in [0.717, 1.165) is 44.9 Å². The summed E-state index contributed by atoms with van der Waals surface area (Å²) in [5.74, 6) is -1.42. The van der Waals surface area contributed by atoms with E-state index in [9.17, 15) is 58.2 Å². The van der Waals surface area contributed by atoms with Gasteiger partial charge in [-0.05, 0) is 51.4 Å². The lowest BCUT2D eigenvalue weighted by atomic mass is 9.85. The summed E-state index contributed by atoms with van der Waals surface area (Å²) < 4.78 is 64.4. The lowest BCUT2D eigenvalue weighted by Gasteiger charge is -2.47. The summed E-state index contributed by atoms with van der Waals surface area (Å²) in [6, 6.07) is 0. The van der Waals surface area contributed by atoms with Crippen LogP contribution in [0.5, 0.6) is 0 Å². The summed E-state index contributed by atoms with van der Waals surface area (Å²) in [6.45, 7) is 2.76. The summed E-state index contributed by atoms with van der Waals surface area (Å²) in [6.07, 6.45) is 24.5. The molecule has 25 heteroatoms. The number of quaternary nitrogens is 3. The van der Waals surface area contributed by atoms with Crippen LogP contribution >= 0.6 is 23.5 Å². The second-order valence-electron chi connectivity index (χ2n) is 17.3. The van der Waals surface area contributed by atoms with Gasteiger partial charge >= 0.3 is 11.9 Å². The van der Waals surface area contributed by atoms with Gasteiger partial charge in [0.15, 0.2) is 6.10 Å². The lowest BCUT2D eigenvalue weighted by Crippen LogP contribution is -2.65. The summed E-state index contributed by atoms with van der Waals surface area (Å²) in [7, 11) is -17.5. The number of aliphatic hydroxyl groups is 3. The maximum Gasteiger partial charge on any atom is 0.306 e. The fraction of sp³-hybridized carbons (Fsp3) is 0.787. The highest BCUT2D eigenvalue weighted by Gasteiger charge is 2.54. The first kappa shape index (κ1) is 74.2. The van der Waals surface area contributed by atoms with Gasteiger partial charge in [-0.3, -0.25) is 23.3 Å². The molecule has 426 valence electrons. The molecule has 3 unspecified atom stereocenters. The molecular weight excluding hydrogens is 1000 g/mol. The zero-order valence-electron chi connectivity index (χ0n) is 43.8. The number of allylic oxidation sites excluding steroid dienone is 8. The maximum atomic E-state index is 13.0. The van der Waals surface area contributed by atoms with Gasteiger partial charge in [0.25, 0.3) is 23.5 Å². The van der Waals surface area contributed by atoms with Gasteiger partial charge in [0.1, 0.15) is 43.2 Å². The number of phosphoric acid groups is 3. The third-order valence-electron chi connectivity index (χ3n) is 11.1. The van der Waals surface area contributed by atoms with E-state index in [0.29, 0.717) is 25.7 Å². The van der Waals surface area contributed by atoms with Crippen LogP contribution < -0.4 is 33.1 Å². The number of carbonyl (C=O) groups is 2. The minimum atomic E-state index is -5.89. The average molecular weight is 1100 g/mol. The molecule has 1 fully saturated rings. The number of hydrogen-bond donors (Lipinski definition) is 8. The lowest BCUT2D eigenvalue weighted by molar-refractivity contribution is -0.280. The number of carbonyl (C=O) groups excluding carboxylic acids is 2. The molecule has 0 radical (unpaired) electrons. The molecule has 1 aliphatic carbocycles. The van der Waals surface area contributed by atoms with Crippen LogP contribution in [-0.2, 0) is 50.9 Å². The Balaban J connectivity index is -0.0000159. The Labute approximate surface area is 428 Å². The van der Waals surface area contributed by atoms with Crippen molar-refractivity contribution in [3.05, 3.63) is 48.6 Å². The van der Waals surface area contributed by atoms with E-state index in [4.69, 9.17) is 23.4 Å². The van der Waals surface area contributed by atoms with Crippen molar-refractivity contribution in [3.63, 3.8) is 0 Å². The molecule has 0 aromatic rings. The standard InChI is InChI=1S/C47H85O19P3.3H3N/c1-3-5-7-9-11-13-15-17-19-20-22-24-26-28-30-32-34-36-41(49)63-39(37-61-40(48)35-33-31-29-27-25-23-21-18-16-14-12-10-8-6-4-2)38-62-69(59,60)66-45-42(50)43(51)46(64-67(53,54)55)47(44(45)52)65-68(56,57)58;;;/h11,13,17,19,22,24,28,30,39,42-47,50-52H,3-10,12,14-16,18,20-21,23,25-27,29,31-38H2,1-2H3,(H,59,60)(H2,53,54,55)(H2,56,57,58);3*1H3/b13-11+,19-17+,24-22+,30-28+;;;/t39-,42-,43+,44+,45-,46-,47-;;;/m1.../s1. The van der Waals surface area contributed by atoms with Crippen molar-refractivity contribution in [3.8, 4) is 0 Å². The topological polar surface area (TPSA) is 421 Å². The predicted octanol–water partition coefficient (Wildman–Crippen LogP) is 8.64. The Bertz CT molecular complexity index is 1650. The van der Waals surface area contributed by atoms with Crippen molar-refractivity contribution < 1.29 is 90.6 Å². The van der Waals surface area contributed by atoms with Crippen LogP contribution in [0.3, 0.4) is 0 Å². The largest absolute Gasteiger partial charge is 0.756 e. The molecule has 1 rings (SSSR count). The van der Waals surface area contributed by atoms with Crippen molar-refractivity contribution >= 4 is 35.4 Å². The summed E-state index contributed by atoms with van der Waals surface area (Å²) >= 11 is 0. The van der Waals surface area contributed by atoms with Crippen molar-refractivity contribution in [2.24, 2.45) is 0 Å². The second-order valence-corrected chi connectivity index (χ2v) is 21.0. The van der Waals surface area contributed by atoms with Crippen LogP contribution in [0.2, 0.25) is 0 Å². The summed E-state index contributed by atoms with van der Waals surface area (Å²) in [5.41, 5.74) is 0. The SMILES string of the molecule is CCCCC/C=C/C/C=C/C/C=C/C/C=C/CCCC(=O)O[C@H](COC(=O)CCCCCCCCCCCCCCCCC)COP(=O)([O-])O[C@@H]1[C@H](O)[C@H](O)[C@@H](OP(=O)([O-])O)[C@H](OP(=O)([O-])O)[C@H]1O.[NH4+].[NH4+].[NH4+]. The van der Waals surface area contributed by atoms with Gasteiger partial charge in [0.2, 0.25) is 0 Å². The van der Waals surface area contributed by atoms with Crippen LogP contribution in [0.15, 0.2) is 48.6 Å². The van der Waals surface area contributed by atoms with Crippen molar-refractivity contribution in [2.75, 3.05) is 13.2 Å². The van der Waals surface area contributed by atoms with Crippen LogP contribution in [0.4, 0.5) is 0 Å². The monoisotopic (exact) mass is 1100 g/mol. The van der Waals surface area contributed by atoms with Gasteiger partial charge in [-0.2, -0.15) is 0 Å². The number of ether oxygens (including phenoxy) is 2. The minimum Gasteiger partial charge on any atom is -0.756 e. The Kier molecular flexibility index (Phi) is 45.5. The normalized spacial score (nSPS) is 22.1. The van der Waals surface area contributed by atoms with Crippen LogP contribution in [0.1, 0.15) is 181 Å². The molecule has 0 saturated heterocycles. The smallest absolute Gasteiger partial charge is 0.306 e. The van der Waals surface area contributed by atoms with Crippen LogP contribution in [0.25, 0.3) is 0 Å². The molecule has 0 amide bonds. The minimum absolute atomic E-state index is 0. The summed E-state index contributed by atoms with van der Waals surface area (Å²) in [4.78, 5) is 79.6. The van der Waals surface area contributed by atoms with E-state index in [1.807, 2.05) is 18.2 Å². The number of hydrogen-bond acceptors (Lipinski definition) is 17. The zero-order chi connectivity index (χ0) is 51.4. The predicted molar refractivity (Wildman–Crippen MR) is 273 cm³/mol. The van der Waals surface area contributed by atoms with Crippen molar-refractivity contribution in [1.82, 2.24) is 18.5 Å². The quantitative estimate of drug-likeness (QED) is 0.0123. The van der Waals surface area contributed by atoms with Gasteiger partial charge in [-0.15, -0.1) is 0 Å². The van der Waals surface area contributed by atoms with E-state index in [-0.39, 0.29) is 31.3 Å². The molecule has 0 aromatic heterocycles. The third kappa shape index (κ3) is 39.4. The number of unbranched alkanes of at least 4 members (excludes halogenated alkanes) is 18. The molecule has 1 aliphatic rings. The van der Waals surface area contributed by atoms with E-state index < -0.39 is 91.3 Å². The van der Waals surface area contributed by atoms with Gasteiger partial charge in [-0.1, -0.05) is 165 Å². The molecule has 0 spiro atoms. The molecule has 22 nitrogen and oxygen atoms in total. The van der Waals surface area contributed by atoms with Crippen LogP contribution in [-0.4, -0.2) is 93.0 Å². The first-order chi connectivity index (χ1) is 32.8. The van der Waals surface area contributed by atoms with Crippen molar-refractivity contribution in [2.45, 2.75) is 224 Å². The highest BCUT2D eigenvalue weighted by atomic mass is 31.2. The molecule has 1 saturated carbocycles. The number of rotatable bonds is 42. The van der Waals surface area contributed by atoms with Gasteiger partial charge in [-0.25, -0.2) is 0 Å². The fourth-order valence-electron chi connectivity index (χ4n) is 7.38. The zero-order valence-corrected chi connectivity index (χ0v) is 46.4. The molecule has 10 atom stereocenters. The molecule has 0 heterocycles. The van der Waals surface area contributed by atoms with E-state index >= 15 is 0 Å². The van der Waals surface area contributed by atoms with Crippen LogP contribution in [0, 0.1) is 0 Å². The Morgan fingerprint density at radius 2 is 0.861 bits per heavy atom. The van der Waals surface area contributed by atoms with Gasteiger partial charge in [0, 0.05) is 12.8 Å². The molecule has 0 aromatic carbocycles. The van der Waals surface area contributed by atoms with E-state index in [2.05, 4.69) is 53.3 Å². The van der Waals surface area contributed by atoms with Crippen molar-refractivity contribution in [1.29, 1.82) is 0 Å². The highest BCUT2D eigenvalue weighted by molar-refractivity contribution is 7.46. The maximum absolute atomic E-state index is 13.0. The molecule has 17 N–H and O–H groups in total. The van der Waals surface area contributed by atoms with E-state index in [1.54, 1.807) is 0 Å². The second kappa shape index (κ2) is 44.2. The first-order valence-corrected chi connectivity index (χ1v) is 29.3. The number of esters is 2. The van der Waals surface area contributed by atoms with Gasteiger partial charge < -0.3 is 85.8 Å². The Morgan fingerprint density at radius 1 is 0.486 bits per heavy atom. The summed E-state index contributed by atoms with van der Waals surface area (Å²) in [5, 5.41) is 31.7.